The summed E-state index contributed by atoms with van der Waals surface area (Å²) in [5.41, 5.74) is 5.75. The SMILES string of the molecule is CCC[C@@H]1NC(=O)[C@H]([C@H](O)[C@H](C)CCCCCCN)N(C)C(=O)[C@H](C(C)C)N(C)C(=O)[C@H](CC(C)C)N(C)C(=O)[C@H](CC(C)C)N(C)C(=O)[C@H](C)NC(=O)[C@@H](C)NC(=O)[C@@H](CC(C)C)N(C)C(=O)[C@@H](C(C)C)NC(=O)[C@H](CC(C)C)N(C)C(=O)CN(C)C1=O. The van der Waals surface area contributed by atoms with Gasteiger partial charge >= 0.3 is 0 Å². The van der Waals surface area contributed by atoms with E-state index < -0.39 is 156 Å². The van der Waals surface area contributed by atoms with Crippen LogP contribution < -0.4 is 27.0 Å². The number of unbranched alkanes of at least 4 members (excludes halogenated alkanes) is 3. The lowest BCUT2D eigenvalue weighted by Gasteiger charge is -2.41. The smallest absolute Gasteiger partial charge is 0.246 e. The van der Waals surface area contributed by atoms with E-state index in [9.17, 15) is 38.7 Å². The monoisotopic (exact) mass is 1260 g/mol. The van der Waals surface area contributed by atoms with Crippen LogP contribution in [0.4, 0.5) is 0 Å². The highest BCUT2D eigenvalue weighted by molar-refractivity contribution is 5.99. The number of nitrogens with zero attached hydrogens (tertiary/aromatic N) is 7. The molecule has 89 heavy (non-hydrogen) atoms. The van der Waals surface area contributed by atoms with Crippen LogP contribution in [0.15, 0.2) is 0 Å². The van der Waals surface area contributed by atoms with Crippen molar-refractivity contribution in [3.8, 4) is 0 Å². The predicted octanol–water partition coefficient (Wildman–Crippen LogP) is 3.60. The molecule has 24 heteroatoms. The van der Waals surface area contributed by atoms with Crippen LogP contribution >= 0.6 is 0 Å². The fourth-order valence-electron chi connectivity index (χ4n) is 11.5. The van der Waals surface area contributed by atoms with Gasteiger partial charge in [-0.25, -0.2) is 0 Å². The number of hydrogen-bond donors (Lipinski definition) is 6. The number of likely N-dealkylation sites (N-methyl/N-ethyl adjacent to an activating group) is 7. The second kappa shape index (κ2) is 38.1. The fourth-order valence-corrected chi connectivity index (χ4v) is 11.5. The zero-order valence-corrected chi connectivity index (χ0v) is 58.7. The Hall–Kier alpha value is -5.91. The summed E-state index contributed by atoms with van der Waals surface area (Å²) in [5, 5.41) is 23.4. The number of rotatable bonds is 20. The van der Waals surface area contributed by atoms with Crippen molar-refractivity contribution in [2.24, 2.45) is 47.2 Å². The number of nitrogens with two attached hydrogens (primary N) is 1. The molecule has 12 atom stereocenters. The van der Waals surface area contributed by atoms with Crippen molar-refractivity contribution in [1.29, 1.82) is 0 Å². The molecule has 0 radical (unpaired) electrons. The maximum atomic E-state index is 15.3. The molecule has 0 aliphatic carbocycles. The first-order chi connectivity index (χ1) is 41.2. The molecule has 1 heterocycles. The Morgan fingerprint density at radius 3 is 1.35 bits per heavy atom. The molecule has 0 aromatic carbocycles. The number of hydrogen-bond acceptors (Lipinski definition) is 13. The van der Waals surface area contributed by atoms with Crippen molar-refractivity contribution < 1.29 is 57.8 Å². The Morgan fingerprint density at radius 1 is 0.449 bits per heavy atom. The van der Waals surface area contributed by atoms with Crippen LogP contribution in [0.5, 0.6) is 0 Å². The number of aliphatic hydroxyl groups is 1. The van der Waals surface area contributed by atoms with Gasteiger partial charge in [0.15, 0.2) is 0 Å². The Kier molecular flexibility index (Phi) is 34.7. The fraction of sp³-hybridized carbons (Fsp3) is 0.831. The molecule has 0 unspecified atom stereocenters. The van der Waals surface area contributed by atoms with E-state index in [2.05, 4.69) is 21.3 Å². The van der Waals surface area contributed by atoms with Crippen LogP contribution in [0.1, 0.15) is 181 Å². The predicted molar refractivity (Wildman–Crippen MR) is 346 cm³/mol. The van der Waals surface area contributed by atoms with Gasteiger partial charge in [-0.2, -0.15) is 0 Å². The number of carbonyl (C=O) groups excluding carboxylic acids is 11. The molecule has 11 amide bonds. The van der Waals surface area contributed by atoms with E-state index in [1.165, 1.54) is 87.7 Å². The number of carbonyl (C=O) groups is 11. The second-order valence-corrected chi connectivity index (χ2v) is 27.7. The van der Waals surface area contributed by atoms with Gasteiger partial charge in [-0.1, -0.05) is 123 Å². The van der Waals surface area contributed by atoms with Gasteiger partial charge in [0.05, 0.1) is 12.6 Å². The minimum atomic E-state index is -1.60. The third-order valence-electron chi connectivity index (χ3n) is 17.1. The molecule has 1 fully saturated rings. The highest BCUT2D eigenvalue weighted by Crippen LogP contribution is 2.26. The highest BCUT2D eigenvalue weighted by Gasteiger charge is 2.46. The van der Waals surface area contributed by atoms with E-state index in [-0.39, 0.29) is 55.8 Å². The van der Waals surface area contributed by atoms with Gasteiger partial charge in [-0.05, 0) is 107 Å². The molecule has 7 N–H and O–H groups in total. The van der Waals surface area contributed by atoms with Crippen LogP contribution in [-0.2, 0) is 52.7 Å². The van der Waals surface area contributed by atoms with Crippen LogP contribution in [0, 0.1) is 41.4 Å². The molecule has 1 rings (SSSR count). The first-order valence-electron chi connectivity index (χ1n) is 32.7. The summed E-state index contributed by atoms with van der Waals surface area (Å²) >= 11 is 0. The maximum Gasteiger partial charge on any atom is 0.246 e. The van der Waals surface area contributed by atoms with Gasteiger partial charge in [0.25, 0.3) is 0 Å². The molecule has 0 spiro atoms. The van der Waals surface area contributed by atoms with E-state index in [1.54, 1.807) is 41.5 Å². The van der Waals surface area contributed by atoms with Crippen molar-refractivity contribution in [3.63, 3.8) is 0 Å². The van der Waals surface area contributed by atoms with Crippen molar-refractivity contribution in [2.75, 3.05) is 62.4 Å². The standard InChI is InChI=1S/C65H120N12O12/c1-24-29-46-61(85)71(17)36-51(78)72(18)47(32-37(2)3)58(82)70-52(41(10)11)64(88)73(19)48(33-38(4)5)57(81)67-44(15)56(80)68-45(16)60(84)74(20)49(34-39(6)7)62(86)75(21)50(35-40(8)9)63(87)76(22)53(42(12)13)65(89)77(23)54(59(83)69-46)55(79)43(14)30-27-25-26-28-31-66/h37-50,52-55,79H,24-36,66H2,1-23H3,(H,67,81)(H,68,80)(H,69,83)(H,70,82)/t43-,44-,45+,46+,47+,48-,49+,50+,52-,53+,54+,55-/m1/s1. The van der Waals surface area contributed by atoms with E-state index in [1.807, 2.05) is 55.4 Å². The first kappa shape index (κ1) is 81.1. The zero-order chi connectivity index (χ0) is 68.8. The van der Waals surface area contributed by atoms with Gasteiger partial charge in [0.2, 0.25) is 65.0 Å². The largest absolute Gasteiger partial charge is 0.390 e. The summed E-state index contributed by atoms with van der Waals surface area (Å²) in [6.07, 6.45) is 3.28. The summed E-state index contributed by atoms with van der Waals surface area (Å²) in [4.78, 5) is 170. The van der Waals surface area contributed by atoms with Gasteiger partial charge in [0.1, 0.15) is 60.4 Å². The minimum absolute atomic E-state index is 0.0949. The quantitative estimate of drug-likeness (QED) is 0.0951. The summed E-state index contributed by atoms with van der Waals surface area (Å²) in [6, 6.07) is -12.3. The molecule has 0 bridgehead atoms. The van der Waals surface area contributed by atoms with Gasteiger partial charge < -0.3 is 66.4 Å². The van der Waals surface area contributed by atoms with Crippen LogP contribution in [0.2, 0.25) is 0 Å². The van der Waals surface area contributed by atoms with Gasteiger partial charge in [-0.3, -0.25) is 52.7 Å². The molecule has 1 aliphatic heterocycles. The maximum absolute atomic E-state index is 15.3. The molecular weight excluding hydrogens is 1140 g/mol. The van der Waals surface area contributed by atoms with E-state index in [0.717, 1.165) is 29.1 Å². The Labute approximate surface area is 534 Å². The lowest BCUT2D eigenvalue weighted by atomic mass is 9.90. The second-order valence-electron chi connectivity index (χ2n) is 27.7. The van der Waals surface area contributed by atoms with Gasteiger partial charge in [0, 0.05) is 49.3 Å². The van der Waals surface area contributed by atoms with E-state index in [0.29, 0.717) is 25.8 Å². The van der Waals surface area contributed by atoms with Crippen molar-refractivity contribution >= 4 is 65.0 Å². The number of nitrogens with one attached hydrogen (secondary N) is 4. The van der Waals surface area contributed by atoms with Gasteiger partial charge in [-0.15, -0.1) is 0 Å². The number of aliphatic hydroxyl groups excluding tert-OH is 1. The summed E-state index contributed by atoms with van der Waals surface area (Å²) in [6.45, 7) is 28.4. The van der Waals surface area contributed by atoms with E-state index >= 15 is 19.2 Å². The average Bonchev–Trinajstić information content (AvgIpc) is 2.43. The summed E-state index contributed by atoms with van der Waals surface area (Å²) in [5.74, 6) is -9.57. The van der Waals surface area contributed by atoms with Crippen molar-refractivity contribution in [3.05, 3.63) is 0 Å². The highest BCUT2D eigenvalue weighted by atomic mass is 16.3. The Morgan fingerprint density at radius 2 is 0.876 bits per heavy atom. The molecule has 24 nitrogen and oxygen atoms in total. The Balaban J connectivity index is 4.37. The first-order valence-corrected chi connectivity index (χ1v) is 32.7. The summed E-state index contributed by atoms with van der Waals surface area (Å²) in [7, 11) is 10.0. The third kappa shape index (κ3) is 24.0. The topological polar surface area (TPSA) is 305 Å². The van der Waals surface area contributed by atoms with Crippen LogP contribution in [0.25, 0.3) is 0 Å². The number of amides is 11. The molecule has 0 aromatic heterocycles. The lowest BCUT2D eigenvalue weighted by molar-refractivity contribution is -0.157. The van der Waals surface area contributed by atoms with Crippen molar-refractivity contribution in [1.82, 2.24) is 55.6 Å². The molecule has 512 valence electrons. The molecule has 1 aliphatic rings. The van der Waals surface area contributed by atoms with Crippen LogP contribution in [-0.4, -0.2) is 233 Å². The Bertz CT molecular complexity index is 2350. The van der Waals surface area contributed by atoms with Crippen molar-refractivity contribution in [2.45, 2.75) is 248 Å². The minimum Gasteiger partial charge on any atom is -0.390 e. The summed E-state index contributed by atoms with van der Waals surface area (Å²) < 4.78 is 0. The molecule has 1 saturated heterocycles. The zero-order valence-electron chi connectivity index (χ0n) is 58.7. The molecule has 0 saturated carbocycles. The molecule has 0 aromatic rings. The normalized spacial score (nSPS) is 26.1. The van der Waals surface area contributed by atoms with Crippen LogP contribution in [0.3, 0.4) is 0 Å². The van der Waals surface area contributed by atoms with E-state index in [4.69, 9.17) is 5.73 Å². The lowest BCUT2D eigenvalue weighted by Crippen LogP contribution is -2.63. The third-order valence-corrected chi connectivity index (χ3v) is 17.1. The average molecular weight is 1260 g/mol. The molecular formula is C65H120N12O12.